The summed E-state index contributed by atoms with van der Waals surface area (Å²) in [5.74, 6) is 0.574. The van der Waals surface area contributed by atoms with Crippen molar-refractivity contribution in [2.45, 2.75) is 33.0 Å². The quantitative estimate of drug-likeness (QED) is 0.637. The van der Waals surface area contributed by atoms with Crippen molar-refractivity contribution in [2.75, 3.05) is 5.32 Å². The van der Waals surface area contributed by atoms with Crippen LogP contribution in [-0.2, 0) is 13.2 Å². The molecule has 0 aliphatic carbocycles. The number of pyridine rings is 1. The number of amides is 1. The van der Waals surface area contributed by atoms with Gasteiger partial charge in [-0.05, 0) is 43.7 Å². The lowest BCUT2D eigenvalue weighted by molar-refractivity contribution is 0.0943. The lowest BCUT2D eigenvalue weighted by Gasteiger charge is -2.12. The van der Waals surface area contributed by atoms with Crippen molar-refractivity contribution >= 4 is 22.6 Å². The first kappa shape index (κ1) is 17.9. The Morgan fingerprint density at radius 2 is 1.92 bits per heavy atom. The molecule has 26 heavy (non-hydrogen) atoms. The van der Waals surface area contributed by atoms with Crippen LogP contribution < -0.4 is 10.6 Å². The van der Waals surface area contributed by atoms with E-state index < -0.39 is 0 Å². The van der Waals surface area contributed by atoms with E-state index in [0.29, 0.717) is 17.9 Å². The number of aromatic nitrogens is 1. The number of nitrogens with zero attached hydrogens (tertiary/aromatic N) is 1. The highest BCUT2D eigenvalue weighted by Gasteiger charge is 2.09. The number of rotatable bonds is 6. The number of benzene rings is 2. The van der Waals surface area contributed by atoms with Crippen LogP contribution in [0.2, 0.25) is 0 Å². The fraction of sp³-hybridized carbons (Fsp3) is 0.238. The van der Waals surface area contributed by atoms with Crippen LogP contribution in [0.1, 0.15) is 35.3 Å². The van der Waals surface area contributed by atoms with Crippen molar-refractivity contribution in [3.8, 4) is 0 Å². The minimum Gasteiger partial charge on any atom is -0.392 e. The van der Waals surface area contributed by atoms with Gasteiger partial charge >= 0.3 is 0 Å². The van der Waals surface area contributed by atoms with Gasteiger partial charge in [-0.3, -0.25) is 4.79 Å². The summed E-state index contributed by atoms with van der Waals surface area (Å²) >= 11 is 0. The van der Waals surface area contributed by atoms with Gasteiger partial charge in [-0.1, -0.05) is 30.3 Å². The molecule has 0 aliphatic heterocycles. The number of nitrogens with one attached hydrogen (secondary N) is 2. The van der Waals surface area contributed by atoms with Crippen molar-refractivity contribution in [3.05, 3.63) is 71.3 Å². The van der Waals surface area contributed by atoms with Gasteiger partial charge < -0.3 is 15.7 Å². The molecule has 1 aromatic heterocycles. The number of aliphatic hydroxyl groups excluding tert-OH is 1. The Kier molecular flexibility index (Phi) is 5.49. The molecule has 0 saturated heterocycles. The van der Waals surface area contributed by atoms with Crippen LogP contribution in [0.3, 0.4) is 0 Å². The minimum atomic E-state index is -0.0863. The van der Waals surface area contributed by atoms with Gasteiger partial charge in [0.2, 0.25) is 0 Å². The van der Waals surface area contributed by atoms with Crippen molar-refractivity contribution in [2.24, 2.45) is 0 Å². The third-order valence-corrected chi connectivity index (χ3v) is 4.04. The topological polar surface area (TPSA) is 74.2 Å². The highest BCUT2D eigenvalue weighted by atomic mass is 16.3. The average molecular weight is 349 g/mol. The summed E-state index contributed by atoms with van der Waals surface area (Å²) in [6.07, 6.45) is 0. The maximum absolute atomic E-state index is 12.2. The molecule has 1 amide bonds. The van der Waals surface area contributed by atoms with E-state index in [1.165, 1.54) is 0 Å². The van der Waals surface area contributed by atoms with E-state index in [1.54, 1.807) is 6.07 Å². The predicted molar refractivity (Wildman–Crippen MR) is 104 cm³/mol. The second-order valence-corrected chi connectivity index (χ2v) is 6.53. The molecule has 134 valence electrons. The van der Waals surface area contributed by atoms with Crippen LogP contribution in [-0.4, -0.2) is 22.0 Å². The predicted octanol–water partition coefficient (Wildman–Crippen LogP) is 3.48. The molecule has 0 fully saturated rings. The molecule has 3 aromatic rings. The lowest BCUT2D eigenvalue weighted by atomic mass is 10.1. The van der Waals surface area contributed by atoms with Crippen LogP contribution >= 0.6 is 0 Å². The molecule has 3 N–H and O–H groups in total. The standard InChI is InChI=1S/C21H23N3O2/c1-14(2)23-21(26)17-8-5-6-15(10-17)12-22-20-18(13-25)11-16-7-3-4-9-19(16)24-20/h3-11,14,25H,12-13H2,1-2H3,(H,22,24)(H,23,26). The number of hydrogen-bond acceptors (Lipinski definition) is 4. The molecule has 0 saturated carbocycles. The highest BCUT2D eigenvalue weighted by molar-refractivity contribution is 5.94. The normalized spacial score (nSPS) is 10.9. The summed E-state index contributed by atoms with van der Waals surface area (Å²) < 4.78 is 0. The Balaban J connectivity index is 1.78. The number of aliphatic hydroxyl groups is 1. The number of anilines is 1. The molecule has 3 rings (SSSR count). The third-order valence-electron chi connectivity index (χ3n) is 4.04. The Hall–Kier alpha value is -2.92. The van der Waals surface area contributed by atoms with Gasteiger partial charge in [-0.2, -0.15) is 0 Å². The van der Waals surface area contributed by atoms with E-state index in [-0.39, 0.29) is 18.6 Å². The van der Waals surface area contributed by atoms with Crippen LogP contribution in [0.4, 0.5) is 5.82 Å². The van der Waals surface area contributed by atoms with Gasteiger partial charge in [0, 0.05) is 29.1 Å². The number of carbonyl (C=O) groups is 1. The number of hydrogen-bond donors (Lipinski definition) is 3. The number of para-hydroxylation sites is 1. The SMILES string of the molecule is CC(C)NC(=O)c1cccc(CNc2nc3ccccc3cc2CO)c1. The Bertz CT molecular complexity index is 922. The first-order valence-electron chi connectivity index (χ1n) is 8.70. The lowest BCUT2D eigenvalue weighted by Crippen LogP contribution is -2.30. The minimum absolute atomic E-state index is 0.0817. The van der Waals surface area contributed by atoms with Crippen LogP contribution in [0, 0.1) is 0 Å². The maximum Gasteiger partial charge on any atom is 0.251 e. The maximum atomic E-state index is 12.2. The molecular weight excluding hydrogens is 326 g/mol. The molecule has 5 heteroatoms. The summed E-state index contributed by atoms with van der Waals surface area (Å²) in [4.78, 5) is 16.8. The molecule has 1 heterocycles. The molecule has 5 nitrogen and oxygen atoms in total. The van der Waals surface area contributed by atoms with Crippen LogP contribution in [0.5, 0.6) is 0 Å². The molecule has 0 unspecified atom stereocenters. The summed E-state index contributed by atoms with van der Waals surface area (Å²) in [6.45, 7) is 4.30. The van der Waals surface area contributed by atoms with Crippen LogP contribution in [0.15, 0.2) is 54.6 Å². The fourth-order valence-electron chi connectivity index (χ4n) is 2.79. The second-order valence-electron chi connectivity index (χ2n) is 6.53. The van der Waals surface area contributed by atoms with Crippen molar-refractivity contribution in [1.29, 1.82) is 0 Å². The van der Waals surface area contributed by atoms with Crippen molar-refractivity contribution in [3.63, 3.8) is 0 Å². The summed E-state index contributed by atoms with van der Waals surface area (Å²) in [5.41, 5.74) is 3.22. The fourth-order valence-corrected chi connectivity index (χ4v) is 2.79. The smallest absolute Gasteiger partial charge is 0.251 e. The molecular formula is C21H23N3O2. The third kappa shape index (κ3) is 4.18. The molecule has 2 aromatic carbocycles. The van der Waals surface area contributed by atoms with Gasteiger partial charge in [-0.15, -0.1) is 0 Å². The van der Waals surface area contributed by atoms with E-state index in [9.17, 15) is 9.90 Å². The zero-order valence-electron chi connectivity index (χ0n) is 15.0. The molecule has 0 aliphatic rings. The first-order valence-corrected chi connectivity index (χ1v) is 8.70. The van der Waals surface area contributed by atoms with Gasteiger partial charge in [0.05, 0.1) is 12.1 Å². The monoisotopic (exact) mass is 349 g/mol. The Labute approximate surface area is 153 Å². The second kappa shape index (κ2) is 7.97. The molecule has 0 bridgehead atoms. The summed E-state index contributed by atoms with van der Waals surface area (Å²) in [7, 11) is 0. The molecule has 0 spiro atoms. The zero-order valence-corrected chi connectivity index (χ0v) is 15.0. The Morgan fingerprint density at radius 1 is 1.12 bits per heavy atom. The van der Waals surface area contributed by atoms with Gasteiger partial charge in [0.25, 0.3) is 5.91 Å². The van der Waals surface area contributed by atoms with E-state index in [0.717, 1.165) is 22.0 Å². The average Bonchev–Trinajstić information content (AvgIpc) is 2.65. The Morgan fingerprint density at radius 3 is 2.69 bits per heavy atom. The van der Waals surface area contributed by atoms with Gasteiger partial charge in [-0.25, -0.2) is 4.98 Å². The van der Waals surface area contributed by atoms with E-state index in [2.05, 4.69) is 15.6 Å². The van der Waals surface area contributed by atoms with Crippen LogP contribution in [0.25, 0.3) is 10.9 Å². The first-order chi connectivity index (χ1) is 12.6. The number of carbonyl (C=O) groups excluding carboxylic acids is 1. The number of fused-ring (bicyclic) bond motifs is 1. The van der Waals surface area contributed by atoms with E-state index in [4.69, 9.17) is 0 Å². The molecule has 0 atom stereocenters. The van der Waals surface area contributed by atoms with Crippen molar-refractivity contribution < 1.29 is 9.90 Å². The largest absolute Gasteiger partial charge is 0.392 e. The molecule has 0 radical (unpaired) electrons. The van der Waals surface area contributed by atoms with Crippen molar-refractivity contribution in [1.82, 2.24) is 10.3 Å². The van der Waals surface area contributed by atoms with Gasteiger partial charge in [0.1, 0.15) is 5.82 Å². The van der Waals surface area contributed by atoms with E-state index in [1.807, 2.05) is 62.4 Å². The summed E-state index contributed by atoms with van der Waals surface area (Å²) in [6, 6.07) is 17.3. The zero-order chi connectivity index (χ0) is 18.5. The van der Waals surface area contributed by atoms with E-state index >= 15 is 0 Å². The summed E-state index contributed by atoms with van der Waals surface area (Å²) in [5, 5.41) is 16.8. The van der Waals surface area contributed by atoms with Gasteiger partial charge in [0.15, 0.2) is 0 Å². The highest BCUT2D eigenvalue weighted by Crippen LogP contribution is 2.21.